The fraction of sp³-hybridized carbons (Fsp3) is 0.300. The molecule has 0 saturated carbocycles. The Morgan fingerprint density at radius 3 is 2.80 bits per heavy atom. The number of pyridine rings is 1. The van der Waals surface area contributed by atoms with Crippen LogP contribution in [0.4, 0.5) is 11.8 Å². The van der Waals surface area contributed by atoms with Crippen molar-refractivity contribution >= 4 is 22.8 Å². The van der Waals surface area contributed by atoms with Crippen molar-refractivity contribution < 1.29 is 0 Å². The minimum Gasteiger partial charge on any atom is -0.383 e. The summed E-state index contributed by atoms with van der Waals surface area (Å²) in [5, 5.41) is 0.810. The number of aryl methyl sites for hydroxylation is 2. The van der Waals surface area contributed by atoms with Crippen molar-refractivity contribution in [3.63, 3.8) is 0 Å². The molecule has 4 N–H and O–H groups in total. The quantitative estimate of drug-likeness (QED) is 0.654. The van der Waals surface area contributed by atoms with Crippen LogP contribution in [0, 0.1) is 0 Å². The monoisotopic (exact) mass is 201 g/mol. The average molecular weight is 201 g/mol. The van der Waals surface area contributed by atoms with Crippen LogP contribution < -0.4 is 11.5 Å². The van der Waals surface area contributed by atoms with Gasteiger partial charge in [-0.05, 0) is 30.9 Å². The molecule has 5 nitrogen and oxygen atoms in total. The number of fused-ring (bicyclic) bond motifs is 2. The zero-order valence-corrected chi connectivity index (χ0v) is 8.20. The second-order valence-electron chi connectivity index (χ2n) is 3.79. The summed E-state index contributed by atoms with van der Waals surface area (Å²) in [5.74, 6) is 0.602. The molecule has 2 aromatic rings. The Morgan fingerprint density at radius 2 is 1.93 bits per heavy atom. The molecule has 3 rings (SSSR count). The van der Waals surface area contributed by atoms with E-state index >= 15 is 0 Å². The lowest BCUT2D eigenvalue weighted by molar-refractivity contribution is 0.900. The molecule has 0 aromatic carbocycles. The van der Waals surface area contributed by atoms with Gasteiger partial charge < -0.3 is 11.5 Å². The van der Waals surface area contributed by atoms with Gasteiger partial charge in [-0.2, -0.15) is 9.97 Å². The third-order valence-corrected chi connectivity index (χ3v) is 2.76. The van der Waals surface area contributed by atoms with E-state index in [-0.39, 0.29) is 5.95 Å². The van der Waals surface area contributed by atoms with E-state index < -0.39 is 0 Å². The van der Waals surface area contributed by atoms with Crippen LogP contribution in [-0.2, 0) is 12.8 Å². The minimum atomic E-state index is 0.186. The summed E-state index contributed by atoms with van der Waals surface area (Å²) < 4.78 is 0. The number of anilines is 2. The summed E-state index contributed by atoms with van der Waals surface area (Å²) >= 11 is 0. The Kier molecular flexibility index (Phi) is 1.56. The largest absolute Gasteiger partial charge is 0.383 e. The number of nitrogens with zero attached hydrogens (tertiary/aromatic N) is 3. The molecule has 5 heteroatoms. The van der Waals surface area contributed by atoms with Crippen molar-refractivity contribution in [1.29, 1.82) is 0 Å². The van der Waals surface area contributed by atoms with E-state index in [1.807, 2.05) is 6.07 Å². The normalized spacial score (nSPS) is 14.4. The van der Waals surface area contributed by atoms with Gasteiger partial charge in [0.25, 0.3) is 0 Å². The highest BCUT2D eigenvalue weighted by Crippen LogP contribution is 2.26. The summed E-state index contributed by atoms with van der Waals surface area (Å²) in [5.41, 5.74) is 14.3. The molecule has 76 valence electrons. The van der Waals surface area contributed by atoms with Gasteiger partial charge in [-0.1, -0.05) is 0 Å². The van der Waals surface area contributed by atoms with E-state index in [4.69, 9.17) is 11.5 Å². The molecule has 0 aliphatic heterocycles. The van der Waals surface area contributed by atoms with Gasteiger partial charge in [0, 0.05) is 5.69 Å². The van der Waals surface area contributed by atoms with Crippen molar-refractivity contribution in [2.45, 2.75) is 19.3 Å². The zero-order valence-electron chi connectivity index (χ0n) is 8.20. The molecule has 0 atom stereocenters. The maximum absolute atomic E-state index is 5.78. The van der Waals surface area contributed by atoms with Crippen LogP contribution in [0.3, 0.4) is 0 Å². The molecule has 1 aliphatic rings. The molecule has 0 spiro atoms. The molecular formula is C10H11N5. The highest BCUT2D eigenvalue weighted by Gasteiger charge is 2.15. The van der Waals surface area contributed by atoms with Crippen molar-refractivity contribution in [3.05, 3.63) is 17.3 Å². The number of aromatic nitrogens is 3. The van der Waals surface area contributed by atoms with Crippen LogP contribution in [0.5, 0.6) is 0 Å². The predicted octanol–water partition coefficient (Wildman–Crippen LogP) is 0.678. The molecule has 0 saturated heterocycles. The molecule has 0 fully saturated rings. The van der Waals surface area contributed by atoms with Gasteiger partial charge in [0.15, 0.2) is 5.65 Å². The standard InChI is InChI=1S/C10H11N5/c11-8-6-4-5-2-1-3-7(5)13-9(6)15-10(12)14-8/h4H,1-3H2,(H4,11,12,13,14,15). The number of hydrogen-bond acceptors (Lipinski definition) is 5. The smallest absolute Gasteiger partial charge is 0.224 e. The third kappa shape index (κ3) is 1.20. The highest BCUT2D eigenvalue weighted by atomic mass is 15.1. The average Bonchev–Trinajstić information content (AvgIpc) is 2.61. The molecule has 1 aliphatic carbocycles. The zero-order chi connectivity index (χ0) is 10.4. The topological polar surface area (TPSA) is 90.7 Å². The van der Waals surface area contributed by atoms with Crippen molar-refractivity contribution in [2.75, 3.05) is 11.5 Å². The SMILES string of the molecule is Nc1nc(N)c2cc3c(nc2n1)CCC3. The van der Waals surface area contributed by atoms with Crippen LogP contribution in [0.15, 0.2) is 6.07 Å². The number of nitrogens with two attached hydrogens (primary N) is 2. The molecule has 0 bridgehead atoms. The lowest BCUT2D eigenvalue weighted by atomic mass is 10.2. The summed E-state index contributed by atoms with van der Waals surface area (Å²) in [6.07, 6.45) is 3.25. The number of hydrogen-bond donors (Lipinski definition) is 2. The molecular weight excluding hydrogens is 190 g/mol. The first-order valence-corrected chi connectivity index (χ1v) is 4.95. The van der Waals surface area contributed by atoms with E-state index in [1.54, 1.807) is 0 Å². The van der Waals surface area contributed by atoms with Crippen molar-refractivity contribution in [2.24, 2.45) is 0 Å². The van der Waals surface area contributed by atoms with E-state index in [2.05, 4.69) is 15.0 Å². The Balaban J connectivity index is 2.38. The Bertz CT molecular complexity index is 549. The van der Waals surface area contributed by atoms with E-state index in [9.17, 15) is 0 Å². The Hall–Kier alpha value is -1.91. The van der Waals surface area contributed by atoms with Crippen LogP contribution in [-0.4, -0.2) is 15.0 Å². The summed E-state index contributed by atoms with van der Waals surface area (Å²) in [6.45, 7) is 0. The molecule has 0 radical (unpaired) electrons. The maximum Gasteiger partial charge on any atom is 0.224 e. The molecule has 2 aromatic heterocycles. The third-order valence-electron chi connectivity index (χ3n) is 2.76. The van der Waals surface area contributed by atoms with Gasteiger partial charge in [0.1, 0.15) is 5.82 Å². The molecule has 2 heterocycles. The van der Waals surface area contributed by atoms with Crippen molar-refractivity contribution in [3.8, 4) is 0 Å². The Morgan fingerprint density at radius 1 is 1.07 bits per heavy atom. The first kappa shape index (κ1) is 8.40. The molecule has 0 amide bonds. The van der Waals surface area contributed by atoms with E-state index in [0.717, 1.165) is 30.3 Å². The summed E-state index contributed by atoms with van der Waals surface area (Å²) in [4.78, 5) is 12.5. The molecule has 0 unspecified atom stereocenters. The summed E-state index contributed by atoms with van der Waals surface area (Å²) in [7, 11) is 0. The highest BCUT2D eigenvalue weighted by molar-refractivity contribution is 5.87. The van der Waals surface area contributed by atoms with Crippen LogP contribution >= 0.6 is 0 Å². The van der Waals surface area contributed by atoms with Crippen molar-refractivity contribution in [1.82, 2.24) is 15.0 Å². The van der Waals surface area contributed by atoms with Gasteiger partial charge >= 0.3 is 0 Å². The Labute approximate surface area is 86.5 Å². The van der Waals surface area contributed by atoms with Gasteiger partial charge in [0.05, 0.1) is 5.39 Å². The lowest BCUT2D eigenvalue weighted by Crippen LogP contribution is -2.03. The van der Waals surface area contributed by atoms with Crippen LogP contribution in [0.1, 0.15) is 17.7 Å². The molecule has 15 heavy (non-hydrogen) atoms. The second kappa shape index (κ2) is 2.79. The van der Waals surface area contributed by atoms with Crippen LogP contribution in [0.25, 0.3) is 11.0 Å². The van der Waals surface area contributed by atoms with Crippen LogP contribution in [0.2, 0.25) is 0 Å². The number of nitrogen functional groups attached to an aromatic ring is 2. The second-order valence-corrected chi connectivity index (χ2v) is 3.79. The number of rotatable bonds is 0. The fourth-order valence-corrected chi connectivity index (χ4v) is 2.05. The maximum atomic E-state index is 5.78. The first-order chi connectivity index (χ1) is 7.24. The lowest BCUT2D eigenvalue weighted by Gasteiger charge is -2.04. The van der Waals surface area contributed by atoms with E-state index in [0.29, 0.717) is 11.5 Å². The fourth-order valence-electron chi connectivity index (χ4n) is 2.05. The van der Waals surface area contributed by atoms with Gasteiger partial charge in [-0.15, -0.1) is 0 Å². The first-order valence-electron chi connectivity index (χ1n) is 4.95. The van der Waals surface area contributed by atoms with Gasteiger partial charge in [0.2, 0.25) is 5.95 Å². The predicted molar refractivity (Wildman–Crippen MR) is 58.2 cm³/mol. The minimum absolute atomic E-state index is 0.186. The summed E-state index contributed by atoms with van der Waals surface area (Å²) in [6, 6.07) is 2.04. The van der Waals surface area contributed by atoms with Gasteiger partial charge in [-0.3, -0.25) is 0 Å². The van der Waals surface area contributed by atoms with E-state index in [1.165, 1.54) is 5.56 Å². The van der Waals surface area contributed by atoms with Gasteiger partial charge in [-0.25, -0.2) is 4.98 Å².